The van der Waals surface area contributed by atoms with Crippen LogP contribution in [0.2, 0.25) is 0 Å². The lowest BCUT2D eigenvalue weighted by molar-refractivity contribution is 0.558. The zero-order chi connectivity index (χ0) is 14.8. The van der Waals surface area contributed by atoms with Gasteiger partial charge in [-0.05, 0) is 22.9 Å². The number of nitrogens with one attached hydrogen (secondary N) is 1. The highest BCUT2D eigenvalue weighted by molar-refractivity contribution is 9.10. The summed E-state index contributed by atoms with van der Waals surface area (Å²) in [5, 5.41) is 3.12. The summed E-state index contributed by atoms with van der Waals surface area (Å²) in [5.41, 5.74) is 0.607. The molecule has 0 aliphatic rings. The van der Waals surface area contributed by atoms with E-state index in [4.69, 9.17) is 0 Å². The lowest BCUT2D eigenvalue weighted by atomic mass is 9.92. The van der Waals surface area contributed by atoms with Gasteiger partial charge in [0.2, 0.25) is 0 Å². The maximum atomic E-state index is 11.4. The van der Waals surface area contributed by atoms with Gasteiger partial charge in [0, 0.05) is 18.2 Å². The number of halogens is 1. The number of nitrogens with zero attached hydrogens (tertiary/aromatic N) is 2. The highest BCUT2D eigenvalue weighted by Crippen LogP contribution is 2.32. The fraction of sp³-hybridized carbons (Fsp3) is 0.667. The van der Waals surface area contributed by atoms with Gasteiger partial charge in [-0.2, -0.15) is 0 Å². The molecule has 1 aromatic rings. The summed E-state index contributed by atoms with van der Waals surface area (Å²) in [7, 11) is -3.15. The molecule has 1 rings (SSSR count). The van der Waals surface area contributed by atoms with Crippen LogP contribution in [-0.4, -0.2) is 31.2 Å². The molecule has 0 atom stereocenters. The third kappa shape index (κ3) is 4.72. The first-order chi connectivity index (χ1) is 8.54. The Morgan fingerprint density at radius 1 is 1.26 bits per heavy atom. The van der Waals surface area contributed by atoms with Gasteiger partial charge in [0.15, 0.2) is 9.84 Å². The third-order valence-electron chi connectivity index (χ3n) is 2.34. The van der Waals surface area contributed by atoms with Gasteiger partial charge < -0.3 is 5.32 Å². The summed E-state index contributed by atoms with van der Waals surface area (Å²) in [6, 6.07) is 0. The summed E-state index contributed by atoms with van der Waals surface area (Å²) in [6.07, 6.45) is 1.18. The quantitative estimate of drug-likeness (QED) is 0.903. The van der Waals surface area contributed by atoms with Crippen LogP contribution in [0.15, 0.2) is 4.47 Å². The second-order valence-corrected chi connectivity index (χ2v) is 8.43. The van der Waals surface area contributed by atoms with E-state index < -0.39 is 9.84 Å². The fourth-order valence-corrected chi connectivity index (χ4v) is 3.08. The summed E-state index contributed by atoms with van der Waals surface area (Å²) < 4.78 is 23.6. The number of sulfone groups is 1. The monoisotopic (exact) mass is 349 g/mol. The average molecular weight is 350 g/mol. The Kier molecular flexibility index (Phi) is 4.95. The number of aromatic nitrogens is 2. The molecule has 0 amide bonds. The Hall–Kier alpha value is -0.690. The van der Waals surface area contributed by atoms with E-state index >= 15 is 0 Å². The average Bonchev–Trinajstić information content (AvgIpc) is 2.19. The smallest absolute Gasteiger partial charge is 0.154 e. The van der Waals surface area contributed by atoms with Crippen LogP contribution in [0.4, 0.5) is 5.82 Å². The molecule has 0 bridgehead atoms. The summed E-state index contributed by atoms with van der Waals surface area (Å²) in [5.74, 6) is 0.814. The Labute approximate surface area is 123 Å². The SMILES string of the molecule is CCNc1nc(CS(C)(=O)=O)nc(C(C)(C)C)c1Br. The normalized spacial score (nSPS) is 12.5. The van der Waals surface area contributed by atoms with Crippen LogP contribution in [0.25, 0.3) is 0 Å². The molecule has 0 spiro atoms. The second kappa shape index (κ2) is 5.75. The minimum atomic E-state index is -3.15. The Morgan fingerprint density at radius 2 is 1.84 bits per heavy atom. The van der Waals surface area contributed by atoms with E-state index in [-0.39, 0.29) is 11.2 Å². The zero-order valence-corrected chi connectivity index (χ0v) is 14.3. The van der Waals surface area contributed by atoms with Gasteiger partial charge >= 0.3 is 0 Å². The maximum Gasteiger partial charge on any atom is 0.154 e. The largest absolute Gasteiger partial charge is 0.369 e. The first-order valence-corrected chi connectivity index (χ1v) is 8.88. The van der Waals surface area contributed by atoms with Crippen LogP contribution >= 0.6 is 15.9 Å². The van der Waals surface area contributed by atoms with Gasteiger partial charge in [-0.1, -0.05) is 20.8 Å². The molecule has 19 heavy (non-hydrogen) atoms. The molecular formula is C12H20BrN3O2S. The number of hydrogen-bond donors (Lipinski definition) is 1. The van der Waals surface area contributed by atoms with Gasteiger partial charge in [-0.15, -0.1) is 0 Å². The molecule has 0 radical (unpaired) electrons. The van der Waals surface area contributed by atoms with Crippen LogP contribution in [0, 0.1) is 0 Å². The van der Waals surface area contributed by atoms with Crippen LogP contribution in [-0.2, 0) is 21.0 Å². The molecule has 0 aromatic carbocycles. The molecule has 108 valence electrons. The first-order valence-electron chi connectivity index (χ1n) is 6.03. The zero-order valence-electron chi connectivity index (χ0n) is 11.9. The van der Waals surface area contributed by atoms with Crippen molar-refractivity contribution in [3.63, 3.8) is 0 Å². The van der Waals surface area contributed by atoms with Crippen molar-refractivity contribution in [3.8, 4) is 0 Å². The maximum absolute atomic E-state index is 11.4. The number of rotatable bonds is 4. The van der Waals surface area contributed by atoms with Crippen molar-refractivity contribution in [1.82, 2.24) is 9.97 Å². The lowest BCUT2D eigenvalue weighted by Crippen LogP contribution is -2.19. The molecule has 0 fully saturated rings. The number of anilines is 1. The summed E-state index contributed by atoms with van der Waals surface area (Å²) in [6.45, 7) is 8.75. The van der Waals surface area contributed by atoms with E-state index in [9.17, 15) is 8.42 Å². The van der Waals surface area contributed by atoms with Crippen molar-refractivity contribution >= 4 is 31.6 Å². The van der Waals surface area contributed by atoms with Crippen molar-refractivity contribution < 1.29 is 8.42 Å². The minimum absolute atomic E-state index is 0.151. The predicted octanol–water partition coefficient (Wildman–Crippen LogP) is 2.51. The molecule has 5 nitrogen and oxygen atoms in total. The molecule has 7 heteroatoms. The lowest BCUT2D eigenvalue weighted by Gasteiger charge is -2.21. The number of hydrogen-bond acceptors (Lipinski definition) is 5. The van der Waals surface area contributed by atoms with Crippen LogP contribution in [0.5, 0.6) is 0 Å². The molecular weight excluding hydrogens is 330 g/mol. The minimum Gasteiger partial charge on any atom is -0.369 e. The van der Waals surface area contributed by atoms with E-state index in [1.54, 1.807) is 0 Å². The van der Waals surface area contributed by atoms with Crippen LogP contribution in [0.1, 0.15) is 39.2 Å². The highest BCUT2D eigenvalue weighted by Gasteiger charge is 2.24. The van der Waals surface area contributed by atoms with Crippen molar-refractivity contribution in [3.05, 3.63) is 16.0 Å². The fourth-order valence-electron chi connectivity index (χ4n) is 1.57. The van der Waals surface area contributed by atoms with Crippen molar-refractivity contribution in [1.29, 1.82) is 0 Å². The van der Waals surface area contributed by atoms with Gasteiger partial charge in [0.25, 0.3) is 0 Å². The Bertz CT molecular complexity index is 565. The molecule has 0 aliphatic heterocycles. The van der Waals surface area contributed by atoms with Gasteiger partial charge in [0.1, 0.15) is 17.4 Å². The van der Waals surface area contributed by atoms with E-state index in [1.165, 1.54) is 6.26 Å². The van der Waals surface area contributed by atoms with Crippen molar-refractivity contribution in [2.75, 3.05) is 18.1 Å². The first kappa shape index (κ1) is 16.4. The molecule has 1 N–H and O–H groups in total. The second-order valence-electron chi connectivity index (χ2n) is 5.50. The predicted molar refractivity (Wildman–Crippen MR) is 81.1 cm³/mol. The summed E-state index contributed by atoms with van der Waals surface area (Å²) >= 11 is 3.49. The Balaban J connectivity index is 3.39. The molecule has 0 unspecified atom stereocenters. The molecule has 0 saturated carbocycles. The van der Waals surface area contributed by atoms with Crippen molar-refractivity contribution in [2.45, 2.75) is 38.9 Å². The van der Waals surface area contributed by atoms with Crippen LogP contribution < -0.4 is 5.32 Å². The van der Waals surface area contributed by atoms with Crippen molar-refractivity contribution in [2.24, 2.45) is 0 Å². The highest BCUT2D eigenvalue weighted by atomic mass is 79.9. The summed E-state index contributed by atoms with van der Waals surface area (Å²) in [4.78, 5) is 8.67. The molecule has 1 aromatic heterocycles. The van der Waals surface area contributed by atoms with Gasteiger partial charge in [-0.25, -0.2) is 18.4 Å². The molecule has 0 saturated heterocycles. The van der Waals surface area contributed by atoms with E-state index in [2.05, 4.69) is 31.2 Å². The standard InChI is InChI=1S/C12H20BrN3O2S/c1-6-14-11-9(13)10(12(2,3)4)15-8(16-11)7-19(5,17)18/h6-7H2,1-5H3,(H,14,15,16). The van der Waals surface area contributed by atoms with Gasteiger partial charge in [-0.3, -0.25) is 0 Å². The van der Waals surface area contributed by atoms with E-state index in [1.807, 2.05) is 27.7 Å². The van der Waals surface area contributed by atoms with Crippen LogP contribution in [0.3, 0.4) is 0 Å². The van der Waals surface area contributed by atoms with Gasteiger partial charge in [0.05, 0.1) is 10.2 Å². The van der Waals surface area contributed by atoms with E-state index in [0.717, 1.165) is 10.2 Å². The topological polar surface area (TPSA) is 72.0 Å². The molecule has 1 heterocycles. The van der Waals surface area contributed by atoms with E-state index in [0.29, 0.717) is 18.2 Å². The third-order valence-corrected chi connectivity index (χ3v) is 3.88. The molecule has 0 aliphatic carbocycles. The Morgan fingerprint density at radius 3 is 2.26 bits per heavy atom.